The van der Waals surface area contributed by atoms with Crippen LogP contribution in [0, 0.1) is 41.4 Å². The molecule has 19 atom stereocenters. The minimum atomic E-state index is -1.65. The monoisotopic (exact) mass is 936 g/mol. The maximum Gasteiger partial charge on any atom is 0.407 e. The first-order valence-electron chi connectivity index (χ1n) is 23.9. The molecule has 7 heterocycles. The van der Waals surface area contributed by atoms with Crippen LogP contribution in [0.5, 0.6) is 0 Å². The average molecular weight is 937 g/mol. The van der Waals surface area contributed by atoms with Crippen LogP contribution in [0.4, 0.5) is 4.79 Å². The number of carboxylic acid groups (broad SMARTS) is 1. The van der Waals surface area contributed by atoms with Gasteiger partial charge < -0.3 is 53.4 Å². The van der Waals surface area contributed by atoms with E-state index in [0.29, 0.717) is 31.6 Å². The number of rotatable bonds is 15. The Bertz CT molecular complexity index is 1740. The SMILES string of the molecule is CO[C@@H]1C[C@@H](C[C@H]2CC[C@H](C)C([C@@H](C)C(=O)O)O2)O[C@]2(O[C@@](C)(C3CC[C@@](C)([C@@H]4O[C@@H]([C@@H]5O[C@@](O)(COC(=O)NCCSSc6ccccn6)[C@H](C)C[C@@H]5C)C[C@@H]4C)O3)C[C@H]2C)[C@@H]1C. The van der Waals surface area contributed by atoms with Crippen LogP contribution in [-0.4, -0.2) is 125 Å². The number of hydrogen-bond acceptors (Lipinski definition) is 14. The number of aliphatic carboxylic acids is 1. The summed E-state index contributed by atoms with van der Waals surface area (Å²) >= 11 is 0. The van der Waals surface area contributed by atoms with Crippen molar-refractivity contribution in [3.63, 3.8) is 0 Å². The summed E-state index contributed by atoms with van der Waals surface area (Å²) in [7, 11) is 4.91. The molecule has 0 bridgehead atoms. The Morgan fingerprint density at radius 2 is 1.72 bits per heavy atom. The van der Waals surface area contributed by atoms with Gasteiger partial charge in [-0.1, -0.05) is 58.4 Å². The Morgan fingerprint density at radius 1 is 0.938 bits per heavy atom. The second-order valence-electron chi connectivity index (χ2n) is 20.8. The van der Waals surface area contributed by atoms with E-state index in [1.165, 1.54) is 0 Å². The second-order valence-corrected chi connectivity index (χ2v) is 23.2. The summed E-state index contributed by atoms with van der Waals surface area (Å²) < 4.78 is 53.2. The highest BCUT2D eigenvalue weighted by Gasteiger charge is 2.65. The minimum absolute atomic E-state index is 0.0329. The third-order valence-electron chi connectivity index (χ3n) is 15.8. The summed E-state index contributed by atoms with van der Waals surface area (Å²) in [4.78, 5) is 28.9. The van der Waals surface area contributed by atoms with Crippen molar-refractivity contribution in [2.75, 3.05) is 26.0 Å². The number of ether oxygens (including phenoxy) is 8. The molecule has 1 amide bonds. The van der Waals surface area contributed by atoms with E-state index < -0.39 is 46.9 Å². The van der Waals surface area contributed by atoms with Gasteiger partial charge in [0.1, 0.15) is 11.6 Å². The lowest BCUT2D eigenvalue weighted by Gasteiger charge is -2.50. The number of hydrogen-bond donors (Lipinski definition) is 3. The van der Waals surface area contributed by atoms with Gasteiger partial charge in [-0.2, -0.15) is 0 Å². The highest BCUT2D eigenvalue weighted by molar-refractivity contribution is 8.76. The van der Waals surface area contributed by atoms with Gasteiger partial charge in [-0.15, -0.1) is 0 Å². The largest absolute Gasteiger partial charge is 0.481 e. The van der Waals surface area contributed by atoms with Crippen LogP contribution in [0.25, 0.3) is 0 Å². The first-order chi connectivity index (χ1) is 30.3. The van der Waals surface area contributed by atoms with E-state index in [0.717, 1.165) is 43.6 Å². The Labute approximate surface area is 388 Å². The fraction of sp³-hybridized carbons (Fsp3) is 0.854. The molecule has 2 unspecified atom stereocenters. The zero-order chi connectivity index (χ0) is 46.2. The summed E-state index contributed by atoms with van der Waals surface area (Å²) in [6.07, 6.45) is 6.40. The van der Waals surface area contributed by atoms with Crippen LogP contribution >= 0.6 is 21.6 Å². The van der Waals surface area contributed by atoms with Gasteiger partial charge >= 0.3 is 12.1 Å². The average Bonchev–Trinajstić information content (AvgIpc) is 3.94. The van der Waals surface area contributed by atoms with Crippen LogP contribution in [0.15, 0.2) is 29.4 Å². The molecule has 14 nitrogen and oxygen atoms in total. The molecule has 0 aliphatic carbocycles. The number of amides is 1. The van der Waals surface area contributed by atoms with E-state index >= 15 is 0 Å². The number of alkyl carbamates (subject to hydrolysis) is 1. The molecule has 0 radical (unpaired) electrons. The maximum atomic E-state index is 12.7. The molecule has 64 heavy (non-hydrogen) atoms. The molecule has 6 fully saturated rings. The molecule has 0 aromatic carbocycles. The molecule has 6 saturated heterocycles. The van der Waals surface area contributed by atoms with Gasteiger partial charge in [-0.25, -0.2) is 9.78 Å². The van der Waals surface area contributed by atoms with Crippen molar-refractivity contribution in [2.45, 2.75) is 197 Å². The normalized spacial score (nSPS) is 45.4. The number of nitrogens with one attached hydrogen (secondary N) is 1. The lowest BCUT2D eigenvalue weighted by Crippen LogP contribution is -2.58. The van der Waals surface area contributed by atoms with Crippen molar-refractivity contribution >= 4 is 33.7 Å². The fourth-order valence-electron chi connectivity index (χ4n) is 12.2. The zero-order valence-corrected chi connectivity index (χ0v) is 41.3. The van der Waals surface area contributed by atoms with Gasteiger partial charge in [0, 0.05) is 56.2 Å². The van der Waals surface area contributed by atoms with Crippen LogP contribution < -0.4 is 5.32 Å². The zero-order valence-electron chi connectivity index (χ0n) is 39.7. The van der Waals surface area contributed by atoms with Gasteiger partial charge in [0.05, 0.1) is 66.0 Å². The molecule has 362 valence electrons. The molecule has 16 heteroatoms. The molecule has 0 saturated carbocycles. The fourth-order valence-corrected chi connectivity index (χ4v) is 14.0. The number of carbonyl (C=O) groups is 2. The van der Waals surface area contributed by atoms with Crippen molar-refractivity contribution in [2.24, 2.45) is 41.4 Å². The number of nitrogens with zero attached hydrogens (tertiary/aromatic N) is 1. The first-order valence-corrected chi connectivity index (χ1v) is 26.2. The van der Waals surface area contributed by atoms with Crippen molar-refractivity contribution in [1.29, 1.82) is 0 Å². The number of carboxylic acids is 1. The summed E-state index contributed by atoms with van der Waals surface area (Å²) in [5.74, 6) is -3.04. The van der Waals surface area contributed by atoms with Crippen molar-refractivity contribution in [3.8, 4) is 0 Å². The predicted octanol–water partition coefficient (Wildman–Crippen LogP) is 8.28. The molecule has 3 N–H and O–H groups in total. The van der Waals surface area contributed by atoms with E-state index in [9.17, 15) is 19.8 Å². The third-order valence-corrected chi connectivity index (χ3v) is 18.1. The molecule has 7 rings (SSSR count). The highest BCUT2D eigenvalue weighted by atomic mass is 33.1. The Morgan fingerprint density at radius 3 is 2.44 bits per heavy atom. The molecule has 1 aromatic rings. The Balaban J connectivity index is 0.941. The van der Waals surface area contributed by atoms with Crippen LogP contribution in [-0.2, 0) is 42.7 Å². The number of carbonyl (C=O) groups excluding carboxylic acids is 1. The predicted molar refractivity (Wildman–Crippen MR) is 244 cm³/mol. The maximum absolute atomic E-state index is 12.7. The summed E-state index contributed by atoms with van der Waals surface area (Å²) in [5, 5.41) is 25.3. The smallest absolute Gasteiger partial charge is 0.407 e. The first kappa shape index (κ1) is 50.2. The van der Waals surface area contributed by atoms with Gasteiger partial charge in [-0.3, -0.25) is 4.79 Å². The lowest BCUT2D eigenvalue weighted by atomic mass is 9.78. The van der Waals surface area contributed by atoms with Crippen LogP contribution in [0.1, 0.15) is 120 Å². The van der Waals surface area contributed by atoms with Gasteiger partial charge in [0.25, 0.3) is 0 Å². The topological polar surface area (TPSA) is 173 Å². The van der Waals surface area contributed by atoms with Crippen LogP contribution in [0.3, 0.4) is 0 Å². The molecule has 1 aromatic heterocycles. The Kier molecular flexibility index (Phi) is 16.0. The second kappa shape index (κ2) is 20.5. The quantitative estimate of drug-likeness (QED) is 0.113. The van der Waals surface area contributed by atoms with Crippen molar-refractivity contribution in [1.82, 2.24) is 10.3 Å². The number of aliphatic hydroxyl groups is 1. The van der Waals surface area contributed by atoms with Crippen molar-refractivity contribution < 1.29 is 57.7 Å². The standard InChI is InChI=1S/C48H76N2O12S2/c1-27-14-15-34(57-40(27)32(6)43(51)52)23-35-24-36(55-10)33(7)48(59-35)31(5)25-46(9,62-48)38-16-17-45(8,60-38)42-29(3)22-37(58-42)41-28(2)21-30(4)47(54,61-41)26-56-44(53)50-19-20-63-64-39-13-11-12-18-49-39/h11-13,18,27-38,40-42,54H,14-17,19-26H2,1-10H3,(H,50,53)(H,51,52)/t27-,28-,29-,30+,31+,32+,33+,34+,35+,36+,37+,38?,40?,41+,42+,45-,46+,47-,48+/m0/s1. The molecule has 6 aliphatic heterocycles. The van der Waals surface area contributed by atoms with E-state index in [1.54, 1.807) is 41.8 Å². The number of pyridine rings is 1. The summed E-state index contributed by atoms with van der Waals surface area (Å²) in [6.45, 7) is 19.0. The van der Waals surface area contributed by atoms with E-state index in [4.69, 9.17) is 37.9 Å². The van der Waals surface area contributed by atoms with Gasteiger partial charge in [-0.05, 0) is 106 Å². The molecular formula is C48H76N2O12S2. The molecule has 6 aliphatic rings. The summed E-state index contributed by atoms with van der Waals surface area (Å²) in [6, 6.07) is 5.76. The number of aromatic nitrogens is 1. The van der Waals surface area contributed by atoms with Crippen LogP contribution in [0.2, 0.25) is 0 Å². The number of methoxy groups -OCH3 is 1. The lowest BCUT2D eigenvalue weighted by molar-refractivity contribution is -0.353. The van der Waals surface area contributed by atoms with E-state index in [1.807, 2.05) is 25.1 Å². The molecular weight excluding hydrogens is 861 g/mol. The third kappa shape index (κ3) is 10.6. The minimum Gasteiger partial charge on any atom is -0.481 e. The van der Waals surface area contributed by atoms with E-state index in [-0.39, 0.29) is 84.8 Å². The highest BCUT2D eigenvalue weighted by Crippen LogP contribution is 2.57. The summed E-state index contributed by atoms with van der Waals surface area (Å²) in [5.41, 5.74) is -1.19. The van der Waals surface area contributed by atoms with Gasteiger partial charge in [0.15, 0.2) is 5.79 Å². The van der Waals surface area contributed by atoms with Crippen molar-refractivity contribution in [3.05, 3.63) is 24.4 Å². The molecule has 1 spiro atoms. The van der Waals surface area contributed by atoms with E-state index in [2.05, 4.69) is 58.8 Å². The Hall–Kier alpha value is -1.73. The van der Waals surface area contributed by atoms with Gasteiger partial charge in [0.2, 0.25) is 5.79 Å².